The summed E-state index contributed by atoms with van der Waals surface area (Å²) in [6, 6.07) is 13.1. The average molecular weight is 268 g/mol. The molecule has 2 heteroatoms. The van der Waals surface area contributed by atoms with Gasteiger partial charge in [0.1, 0.15) is 5.82 Å². The average Bonchev–Trinajstić information content (AvgIpc) is 2.39. The van der Waals surface area contributed by atoms with Gasteiger partial charge in [-0.05, 0) is 36.5 Å². The molecule has 0 aliphatic rings. The fourth-order valence-electron chi connectivity index (χ4n) is 2.08. The van der Waals surface area contributed by atoms with Gasteiger partial charge in [-0.2, -0.15) is 0 Å². The maximum Gasteiger partial charge on any atom is 0.126 e. The van der Waals surface area contributed by atoms with E-state index in [0.717, 1.165) is 5.82 Å². The first-order valence-corrected chi connectivity index (χ1v) is 7.16. The zero-order valence-corrected chi connectivity index (χ0v) is 13.1. The minimum Gasteiger partial charge on any atom is -0.364 e. The molecule has 0 saturated carbocycles. The van der Waals surface area contributed by atoms with Crippen LogP contribution >= 0.6 is 0 Å². The Bertz CT molecular complexity index is 547. The van der Waals surface area contributed by atoms with Crippen LogP contribution in [0.1, 0.15) is 50.4 Å². The number of nitrogens with zero attached hydrogens (tertiary/aromatic N) is 1. The molecule has 2 nitrogen and oxygen atoms in total. The fourth-order valence-corrected chi connectivity index (χ4v) is 2.08. The Morgan fingerprint density at radius 2 is 1.65 bits per heavy atom. The van der Waals surface area contributed by atoms with E-state index in [0.29, 0.717) is 0 Å². The van der Waals surface area contributed by atoms with Gasteiger partial charge in [-0.25, -0.2) is 4.98 Å². The minimum absolute atomic E-state index is 0.147. The quantitative estimate of drug-likeness (QED) is 0.859. The SMILES string of the molecule is Cc1ccc(C(C)Nc2ccc(C(C)(C)C)cn2)cc1. The highest BCUT2D eigenvalue weighted by Gasteiger charge is 2.14. The van der Waals surface area contributed by atoms with Gasteiger partial charge in [-0.15, -0.1) is 0 Å². The molecule has 1 aromatic carbocycles. The normalized spacial score (nSPS) is 13.1. The van der Waals surface area contributed by atoms with E-state index in [9.17, 15) is 0 Å². The molecule has 1 heterocycles. The second-order valence-electron chi connectivity index (χ2n) is 6.46. The van der Waals surface area contributed by atoms with Crippen molar-refractivity contribution >= 4 is 5.82 Å². The molecule has 0 saturated heterocycles. The Hall–Kier alpha value is -1.83. The van der Waals surface area contributed by atoms with Crippen molar-refractivity contribution < 1.29 is 0 Å². The Morgan fingerprint density at radius 1 is 1.00 bits per heavy atom. The van der Waals surface area contributed by atoms with E-state index in [4.69, 9.17) is 0 Å². The highest BCUT2D eigenvalue weighted by molar-refractivity contribution is 5.40. The van der Waals surface area contributed by atoms with Crippen LogP contribution in [0.25, 0.3) is 0 Å². The van der Waals surface area contributed by atoms with Crippen molar-refractivity contribution in [3.05, 3.63) is 59.3 Å². The van der Waals surface area contributed by atoms with E-state index < -0.39 is 0 Å². The van der Waals surface area contributed by atoms with Gasteiger partial charge in [-0.1, -0.05) is 56.7 Å². The van der Waals surface area contributed by atoms with Crippen LogP contribution in [0.15, 0.2) is 42.6 Å². The predicted octanol–water partition coefficient (Wildman–Crippen LogP) is 4.86. The van der Waals surface area contributed by atoms with Gasteiger partial charge in [0.15, 0.2) is 0 Å². The maximum absolute atomic E-state index is 4.52. The molecule has 2 rings (SSSR count). The summed E-state index contributed by atoms with van der Waals surface area (Å²) in [6.45, 7) is 10.9. The third kappa shape index (κ3) is 3.60. The first-order chi connectivity index (χ1) is 9.36. The molecule has 0 spiro atoms. The van der Waals surface area contributed by atoms with E-state index in [1.165, 1.54) is 16.7 Å². The minimum atomic E-state index is 0.147. The highest BCUT2D eigenvalue weighted by atomic mass is 15.0. The van der Waals surface area contributed by atoms with Crippen molar-refractivity contribution in [3.8, 4) is 0 Å². The summed E-state index contributed by atoms with van der Waals surface area (Å²) < 4.78 is 0. The van der Waals surface area contributed by atoms with Crippen molar-refractivity contribution in [2.45, 2.75) is 46.1 Å². The maximum atomic E-state index is 4.52. The summed E-state index contributed by atoms with van der Waals surface area (Å²) in [7, 11) is 0. The Kier molecular flexibility index (Phi) is 4.12. The molecule has 0 bridgehead atoms. The highest BCUT2D eigenvalue weighted by Crippen LogP contribution is 2.23. The lowest BCUT2D eigenvalue weighted by atomic mass is 9.88. The lowest BCUT2D eigenvalue weighted by molar-refractivity contribution is 0.587. The Morgan fingerprint density at radius 3 is 2.15 bits per heavy atom. The number of hydrogen-bond acceptors (Lipinski definition) is 2. The number of benzene rings is 1. The smallest absolute Gasteiger partial charge is 0.126 e. The second kappa shape index (κ2) is 5.66. The first kappa shape index (κ1) is 14.6. The van der Waals surface area contributed by atoms with E-state index in [1.807, 2.05) is 6.20 Å². The van der Waals surface area contributed by atoms with Gasteiger partial charge in [0.25, 0.3) is 0 Å². The number of nitrogens with one attached hydrogen (secondary N) is 1. The number of hydrogen-bond donors (Lipinski definition) is 1. The molecular formula is C18H24N2. The van der Waals surface area contributed by atoms with Crippen LogP contribution in [0.4, 0.5) is 5.82 Å². The number of aryl methyl sites for hydroxylation is 1. The van der Waals surface area contributed by atoms with Crippen LogP contribution < -0.4 is 5.32 Å². The summed E-state index contributed by atoms with van der Waals surface area (Å²) in [6.07, 6.45) is 1.96. The summed E-state index contributed by atoms with van der Waals surface area (Å²) in [4.78, 5) is 4.52. The molecule has 0 aliphatic carbocycles. The molecule has 0 radical (unpaired) electrons. The van der Waals surface area contributed by atoms with Crippen molar-refractivity contribution in [1.82, 2.24) is 4.98 Å². The molecule has 1 atom stereocenters. The van der Waals surface area contributed by atoms with Gasteiger partial charge < -0.3 is 5.32 Å². The van der Waals surface area contributed by atoms with Gasteiger partial charge >= 0.3 is 0 Å². The molecule has 1 N–H and O–H groups in total. The summed E-state index contributed by atoms with van der Waals surface area (Å²) in [5.74, 6) is 0.922. The van der Waals surface area contributed by atoms with Crippen LogP contribution in [0.2, 0.25) is 0 Å². The Balaban J connectivity index is 2.08. The van der Waals surface area contributed by atoms with Gasteiger partial charge in [0, 0.05) is 12.2 Å². The predicted molar refractivity (Wildman–Crippen MR) is 86.2 cm³/mol. The first-order valence-electron chi connectivity index (χ1n) is 7.16. The van der Waals surface area contributed by atoms with Crippen molar-refractivity contribution in [2.75, 3.05) is 5.32 Å². The molecule has 0 amide bonds. The van der Waals surface area contributed by atoms with E-state index in [-0.39, 0.29) is 11.5 Å². The van der Waals surface area contributed by atoms with Gasteiger partial charge in [0.05, 0.1) is 0 Å². The molecule has 0 aliphatic heterocycles. The number of pyridine rings is 1. The molecule has 0 fully saturated rings. The second-order valence-corrected chi connectivity index (χ2v) is 6.46. The van der Waals surface area contributed by atoms with E-state index in [1.54, 1.807) is 0 Å². The van der Waals surface area contributed by atoms with Crippen LogP contribution in [0.5, 0.6) is 0 Å². The van der Waals surface area contributed by atoms with Crippen molar-refractivity contribution in [1.29, 1.82) is 0 Å². The third-order valence-corrected chi connectivity index (χ3v) is 3.57. The third-order valence-electron chi connectivity index (χ3n) is 3.57. The largest absolute Gasteiger partial charge is 0.364 e. The number of aromatic nitrogens is 1. The lowest BCUT2D eigenvalue weighted by Gasteiger charge is -2.20. The zero-order chi connectivity index (χ0) is 14.8. The fraction of sp³-hybridized carbons (Fsp3) is 0.389. The van der Waals surface area contributed by atoms with Gasteiger partial charge in [0.2, 0.25) is 0 Å². The molecule has 106 valence electrons. The van der Waals surface area contributed by atoms with Crippen LogP contribution in [0, 0.1) is 6.92 Å². The number of rotatable bonds is 3. The van der Waals surface area contributed by atoms with Crippen molar-refractivity contribution in [3.63, 3.8) is 0 Å². The molecule has 1 aromatic heterocycles. The summed E-state index contributed by atoms with van der Waals surface area (Å²) >= 11 is 0. The number of anilines is 1. The van der Waals surface area contributed by atoms with Crippen molar-refractivity contribution in [2.24, 2.45) is 0 Å². The molecule has 2 aromatic rings. The standard InChI is InChI=1S/C18H24N2/c1-13-6-8-15(9-7-13)14(2)20-17-11-10-16(12-19-17)18(3,4)5/h6-12,14H,1-5H3,(H,19,20). The van der Waals surface area contributed by atoms with Crippen LogP contribution in [0.3, 0.4) is 0 Å². The molecular weight excluding hydrogens is 244 g/mol. The summed E-state index contributed by atoms with van der Waals surface area (Å²) in [5, 5.41) is 3.45. The van der Waals surface area contributed by atoms with E-state index in [2.05, 4.69) is 81.3 Å². The van der Waals surface area contributed by atoms with Crippen LogP contribution in [-0.2, 0) is 5.41 Å². The monoisotopic (exact) mass is 268 g/mol. The summed E-state index contributed by atoms with van der Waals surface area (Å²) in [5.41, 5.74) is 3.96. The Labute approximate surface area is 122 Å². The van der Waals surface area contributed by atoms with Gasteiger partial charge in [-0.3, -0.25) is 0 Å². The van der Waals surface area contributed by atoms with E-state index >= 15 is 0 Å². The lowest BCUT2D eigenvalue weighted by Crippen LogP contribution is -2.12. The molecule has 20 heavy (non-hydrogen) atoms. The van der Waals surface area contributed by atoms with Crippen LogP contribution in [-0.4, -0.2) is 4.98 Å². The topological polar surface area (TPSA) is 24.9 Å². The zero-order valence-electron chi connectivity index (χ0n) is 13.1. The molecule has 1 unspecified atom stereocenters.